The molecule has 2 heterocycles. The number of amides is 1. The SMILES string of the molecule is Cc1cc(C(=O)NCc2cn(CC(=O)O)nn2)cc(C)c1OCc1cccnc1. The summed E-state index contributed by atoms with van der Waals surface area (Å²) in [5.74, 6) is -0.535. The molecule has 0 atom stereocenters. The summed E-state index contributed by atoms with van der Waals surface area (Å²) in [6, 6.07) is 7.32. The van der Waals surface area contributed by atoms with Crippen molar-refractivity contribution in [1.29, 1.82) is 0 Å². The maximum absolute atomic E-state index is 12.5. The van der Waals surface area contributed by atoms with E-state index in [0.717, 1.165) is 22.4 Å². The van der Waals surface area contributed by atoms with E-state index in [1.165, 1.54) is 10.9 Å². The highest BCUT2D eigenvalue weighted by atomic mass is 16.5. The first kappa shape index (κ1) is 20.0. The Hall–Kier alpha value is -3.75. The summed E-state index contributed by atoms with van der Waals surface area (Å²) in [7, 11) is 0. The van der Waals surface area contributed by atoms with E-state index >= 15 is 0 Å². The number of benzene rings is 1. The summed E-state index contributed by atoms with van der Waals surface area (Å²) in [5, 5.41) is 19.1. The van der Waals surface area contributed by atoms with Gasteiger partial charge in [0.05, 0.1) is 12.7 Å². The van der Waals surface area contributed by atoms with Crippen molar-refractivity contribution in [2.45, 2.75) is 33.5 Å². The Bertz CT molecular complexity index is 994. The monoisotopic (exact) mass is 395 g/mol. The molecule has 0 spiro atoms. The Balaban J connectivity index is 1.62. The van der Waals surface area contributed by atoms with Crippen LogP contribution in [0.15, 0.2) is 42.9 Å². The summed E-state index contributed by atoms with van der Waals surface area (Å²) in [6.45, 7) is 4.04. The van der Waals surface area contributed by atoms with Gasteiger partial charge in [0, 0.05) is 23.5 Å². The number of hydrogen-bond acceptors (Lipinski definition) is 6. The topological polar surface area (TPSA) is 119 Å². The molecule has 9 nitrogen and oxygen atoms in total. The first-order valence-electron chi connectivity index (χ1n) is 8.94. The lowest BCUT2D eigenvalue weighted by Gasteiger charge is -2.14. The molecule has 9 heteroatoms. The molecule has 0 aliphatic rings. The fourth-order valence-electron chi connectivity index (χ4n) is 2.86. The molecule has 1 amide bonds. The molecule has 150 valence electrons. The van der Waals surface area contributed by atoms with Crippen molar-refractivity contribution < 1.29 is 19.4 Å². The molecule has 1 aromatic carbocycles. The summed E-state index contributed by atoms with van der Waals surface area (Å²) in [6.07, 6.45) is 4.94. The van der Waals surface area contributed by atoms with Gasteiger partial charge in [-0.05, 0) is 43.2 Å². The van der Waals surface area contributed by atoms with Crippen LogP contribution in [0, 0.1) is 13.8 Å². The molecule has 0 aliphatic carbocycles. The number of carboxylic acids is 1. The van der Waals surface area contributed by atoms with Crippen LogP contribution in [0.25, 0.3) is 0 Å². The minimum Gasteiger partial charge on any atom is -0.488 e. The van der Waals surface area contributed by atoms with Gasteiger partial charge in [-0.3, -0.25) is 14.6 Å². The van der Waals surface area contributed by atoms with E-state index in [1.54, 1.807) is 24.5 Å². The molecule has 0 unspecified atom stereocenters. The van der Waals surface area contributed by atoms with Gasteiger partial charge in [-0.25, -0.2) is 4.68 Å². The molecule has 29 heavy (non-hydrogen) atoms. The van der Waals surface area contributed by atoms with E-state index in [2.05, 4.69) is 20.6 Å². The van der Waals surface area contributed by atoms with Gasteiger partial charge in [0.15, 0.2) is 0 Å². The lowest BCUT2D eigenvalue weighted by atomic mass is 10.0. The van der Waals surface area contributed by atoms with Gasteiger partial charge in [0.25, 0.3) is 5.91 Å². The number of carbonyl (C=O) groups is 2. The molecule has 0 saturated carbocycles. The molecular weight excluding hydrogens is 374 g/mol. The van der Waals surface area contributed by atoms with Gasteiger partial charge in [0.2, 0.25) is 0 Å². The quantitative estimate of drug-likeness (QED) is 0.598. The van der Waals surface area contributed by atoms with Crippen LogP contribution in [0.1, 0.15) is 32.7 Å². The van der Waals surface area contributed by atoms with Gasteiger partial charge >= 0.3 is 5.97 Å². The van der Waals surface area contributed by atoms with Crippen LogP contribution in [-0.4, -0.2) is 37.0 Å². The number of pyridine rings is 1. The third-order valence-electron chi connectivity index (χ3n) is 4.14. The van der Waals surface area contributed by atoms with Gasteiger partial charge < -0.3 is 15.2 Å². The van der Waals surface area contributed by atoms with Crippen LogP contribution >= 0.6 is 0 Å². The lowest BCUT2D eigenvalue weighted by molar-refractivity contribution is -0.137. The molecular formula is C20H21N5O4. The largest absolute Gasteiger partial charge is 0.488 e. The smallest absolute Gasteiger partial charge is 0.325 e. The number of nitrogens with zero attached hydrogens (tertiary/aromatic N) is 4. The van der Waals surface area contributed by atoms with Crippen molar-refractivity contribution in [3.05, 3.63) is 70.8 Å². The number of aromatic nitrogens is 4. The highest BCUT2D eigenvalue weighted by molar-refractivity contribution is 5.94. The average Bonchev–Trinajstić information content (AvgIpc) is 3.12. The number of carboxylic acid groups (broad SMARTS) is 1. The maximum atomic E-state index is 12.5. The maximum Gasteiger partial charge on any atom is 0.325 e. The van der Waals surface area contributed by atoms with Crippen LogP contribution < -0.4 is 10.1 Å². The highest BCUT2D eigenvalue weighted by Gasteiger charge is 2.13. The second-order valence-corrected chi connectivity index (χ2v) is 6.57. The average molecular weight is 395 g/mol. The van der Waals surface area contributed by atoms with E-state index in [0.29, 0.717) is 17.9 Å². The molecule has 0 saturated heterocycles. The first-order chi connectivity index (χ1) is 13.9. The molecule has 2 aromatic heterocycles. The van der Waals surface area contributed by atoms with Crippen molar-refractivity contribution in [3.63, 3.8) is 0 Å². The zero-order chi connectivity index (χ0) is 20.8. The molecule has 0 aliphatic heterocycles. The van der Waals surface area contributed by atoms with Crippen molar-refractivity contribution in [3.8, 4) is 5.75 Å². The molecule has 2 N–H and O–H groups in total. The van der Waals surface area contributed by atoms with Crippen molar-refractivity contribution in [2.24, 2.45) is 0 Å². The number of rotatable bonds is 8. The van der Waals surface area contributed by atoms with Crippen LogP contribution in [0.3, 0.4) is 0 Å². The number of aryl methyl sites for hydroxylation is 2. The van der Waals surface area contributed by atoms with E-state index in [4.69, 9.17) is 9.84 Å². The molecule has 3 rings (SSSR count). The second-order valence-electron chi connectivity index (χ2n) is 6.57. The predicted molar refractivity (Wildman–Crippen MR) is 103 cm³/mol. The number of hydrogen-bond donors (Lipinski definition) is 2. The van der Waals surface area contributed by atoms with Gasteiger partial charge in [-0.15, -0.1) is 5.10 Å². The normalized spacial score (nSPS) is 10.6. The zero-order valence-electron chi connectivity index (χ0n) is 16.1. The van der Waals surface area contributed by atoms with Gasteiger partial charge in [0.1, 0.15) is 24.6 Å². The number of aliphatic carboxylic acids is 1. The summed E-state index contributed by atoms with van der Waals surface area (Å²) < 4.78 is 7.11. The van der Waals surface area contributed by atoms with E-state index in [-0.39, 0.29) is 19.0 Å². The second kappa shape index (κ2) is 8.96. The van der Waals surface area contributed by atoms with Crippen molar-refractivity contribution in [2.75, 3.05) is 0 Å². The predicted octanol–water partition coefficient (Wildman–Crippen LogP) is 1.88. The fraction of sp³-hybridized carbons (Fsp3) is 0.250. The summed E-state index contributed by atoms with van der Waals surface area (Å²) in [5.41, 5.74) is 3.65. The number of nitrogens with one attached hydrogen (secondary N) is 1. The Morgan fingerprint density at radius 1 is 1.24 bits per heavy atom. The standard InChI is InChI=1S/C20H21N5O4/c1-13-6-16(7-14(2)19(13)29-12-15-4-3-5-21-8-15)20(28)22-9-17-10-25(24-23-17)11-18(26)27/h3-8,10H,9,11-12H2,1-2H3,(H,22,28)(H,26,27). The Morgan fingerprint density at radius 3 is 2.66 bits per heavy atom. The van der Waals surface area contributed by atoms with E-state index in [9.17, 15) is 9.59 Å². The van der Waals surface area contributed by atoms with Crippen LogP contribution in [0.5, 0.6) is 5.75 Å². The fourth-order valence-corrected chi connectivity index (χ4v) is 2.86. The Kier molecular flexibility index (Phi) is 6.18. The number of ether oxygens (including phenoxy) is 1. The third kappa shape index (κ3) is 5.38. The number of carbonyl (C=O) groups excluding carboxylic acids is 1. The third-order valence-corrected chi connectivity index (χ3v) is 4.14. The summed E-state index contributed by atoms with van der Waals surface area (Å²) >= 11 is 0. The zero-order valence-corrected chi connectivity index (χ0v) is 16.1. The highest BCUT2D eigenvalue weighted by Crippen LogP contribution is 2.25. The van der Waals surface area contributed by atoms with Gasteiger partial charge in [-0.2, -0.15) is 0 Å². The van der Waals surface area contributed by atoms with Crippen LogP contribution in [0.2, 0.25) is 0 Å². The minimum absolute atomic E-state index is 0.149. The Labute approximate surface area is 167 Å². The first-order valence-corrected chi connectivity index (χ1v) is 8.94. The lowest BCUT2D eigenvalue weighted by Crippen LogP contribution is -2.23. The minimum atomic E-state index is -1.01. The van der Waals surface area contributed by atoms with E-state index in [1.807, 2.05) is 26.0 Å². The Morgan fingerprint density at radius 2 is 2.00 bits per heavy atom. The summed E-state index contributed by atoms with van der Waals surface area (Å²) in [4.78, 5) is 27.2. The van der Waals surface area contributed by atoms with Crippen LogP contribution in [-0.2, 0) is 24.5 Å². The molecule has 0 radical (unpaired) electrons. The van der Waals surface area contributed by atoms with Crippen LogP contribution in [0.4, 0.5) is 0 Å². The van der Waals surface area contributed by atoms with Crippen molar-refractivity contribution in [1.82, 2.24) is 25.3 Å². The molecule has 0 fully saturated rings. The molecule has 3 aromatic rings. The van der Waals surface area contributed by atoms with E-state index < -0.39 is 5.97 Å². The van der Waals surface area contributed by atoms with Gasteiger partial charge in [-0.1, -0.05) is 11.3 Å². The molecule has 0 bridgehead atoms. The van der Waals surface area contributed by atoms with Crippen molar-refractivity contribution >= 4 is 11.9 Å².